The Morgan fingerprint density at radius 2 is 1.74 bits per heavy atom. The van der Waals surface area contributed by atoms with Crippen LogP contribution in [0.1, 0.15) is 11.1 Å². The van der Waals surface area contributed by atoms with E-state index in [4.69, 9.17) is 10.5 Å². The molecule has 0 aliphatic carbocycles. The molecule has 0 aliphatic rings. The first-order chi connectivity index (χ1) is 12.8. The van der Waals surface area contributed by atoms with E-state index in [1.807, 2.05) is 0 Å². The summed E-state index contributed by atoms with van der Waals surface area (Å²) in [6.45, 7) is 1.64. The van der Waals surface area contributed by atoms with Gasteiger partial charge in [0.15, 0.2) is 5.75 Å². The molecule has 2 heterocycles. The number of hydrogen-bond acceptors (Lipinski definition) is 4. The molecule has 3 aromatic rings. The molecule has 0 saturated heterocycles. The van der Waals surface area contributed by atoms with Gasteiger partial charge in [-0.2, -0.15) is 13.2 Å². The molecule has 5 nitrogen and oxygen atoms in total. The second-order valence-corrected chi connectivity index (χ2v) is 5.75. The Balaban J connectivity index is 2.19. The average Bonchev–Trinajstić information content (AvgIpc) is 2.61. The molecular weight excluding hydrogens is 359 g/mol. The molecule has 1 amide bonds. The van der Waals surface area contributed by atoms with Crippen LogP contribution in [0, 0.1) is 6.92 Å². The molecule has 138 valence electrons. The van der Waals surface area contributed by atoms with Crippen molar-refractivity contribution in [3.63, 3.8) is 0 Å². The number of nitrogens with zero attached hydrogens (tertiary/aromatic N) is 2. The Morgan fingerprint density at radius 1 is 1.04 bits per heavy atom. The standard InChI is InChI=1S/C19H14F3N3O2/c1-11-7-15(27-18(23)26)17(12-5-3-2-4-6-12)25-16(11)13-8-14(10-24-9-13)19(20,21)22/h2-10H,1H3,(H2,23,26). The van der Waals surface area contributed by atoms with E-state index in [-0.39, 0.29) is 17.0 Å². The smallest absolute Gasteiger partial charge is 0.408 e. The van der Waals surface area contributed by atoms with Crippen LogP contribution >= 0.6 is 0 Å². The predicted octanol–water partition coefficient (Wildman–Crippen LogP) is 4.60. The van der Waals surface area contributed by atoms with Gasteiger partial charge in [-0.3, -0.25) is 4.98 Å². The normalized spacial score (nSPS) is 11.3. The van der Waals surface area contributed by atoms with Crippen LogP contribution in [0.15, 0.2) is 54.9 Å². The Hall–Kier alpha value is -3.42. The van der Waals surface area contributed by atoms with Crippen LogP contribution in [0.4, 0.5) is 18.0 Å². The first-order valence-corrected chi connectivity index (χ1v) is 7.82. The van der Waals surface area contributed by atoms with E-state index in [9.17, 15) is 18.0 Å². The van der Waals surface area contributed by atoms with Crippen LogP contribution in [0.25, 0.3) is 22.5 Å². The number of carbonyl (C=O) groups is 1. The number of aromatic nitrogens is 2. The molecular formula is C19H14F3N3O2. The van der Waals surface area contributed by atoms with Crippen molar-refractivity contribution in [3.05, 3.63) is 66.0 Å². The molecule has 1 aromatic carbocycles. The third kappa shape index (κ3) is 4.05. The highest BCUT2D eigenvalue weighted by Gasteiger charge is 2.31. The predicted molar refractivity (Wildman–Crippen MR) is 92.9 cm³/mol. The zero-order valence-corrected chi connectivity index (χ0v) is 14.1. The van der Waals surface area contributed by atoms with Crippen molar-refractivity contribution in [1.82, 2.24) is 9.97 Å². The van der Waals surface area contributed by atoms with Crippen LogP contribution in [0.2, 0.25) is 0 Å². The van der Waals surface area contributed by atoms with Gasteiger partial charge >= 0.3 is 12.3 Å². The van der Waals surface area contributed by atoms with Gasteiger partial charge in [0.05, 0.1) is 11.3 Å². The van der Waals surface area contributed by atoms with Crippen LogP contribution < -0.4 is 10.5 Å². The minimum Gasteiger partial charge on any atom is -0.408 e. The number of pyridine rings is 2. The zero-order valence-electron chi connectivity index (χ0n) is 14.1. The first kappa shape index (κ1) is 18.4. The van der Waals surface area contributed by atoms with Crippen LogP contribution in [0.5, 0.6) is 5.75 Å². The van der Waals surface area contributed by atoms with Crippen molar-refractivity contribution in [2.75, 3.05) is 0 Å². The van der Waals surface area contributed by atoms with E-state index < -0.39 is 17.8 Å². The highest BCUT2D eigenvalue weighted by molar-refractivity contribution is 5.77. The maximum absolute atomic E-state index is 13.0. The summed E-state index contributed by atoms with van der Waals surface area (Å²) in [7, 11) is 0. The quantitative estimate of drug-likeness (QED) is 0.728. The molecule has 0 radical (unpaired) electrons. The highest BCUT2D eigenvalue weighted by Crippen LogP contribution is 2.36. The summed E-state index contributed by atoms with van der Waals surface area (Å²) in [4.78, 5) is 19.3. The van der Waals surface area contributed by atoms with Crippen molar-refractivity contribution < 1.29 is 22.7 Å². The minimum atomic E-state index is -4.52. The van der Waals surface area contributed by atoms with Crippen molar-refractivity contribution in [2.45, 2.75) is 13.1 Å². The molecule has 0 atom stereocenters. The number of nitrogens with two attached hydrogens (primary N) is 1. The number of halogens is 3. The van der Waals surface area contributed by atoms with Crippen LogP contribution in [-0.4, -0.2) is 16.1 Å². The zero-order chi connectivity index (χ0) is 19.6. The summed E-state index contributed by atoms with van der Waals surface area (Å²) in [5, 5.41) is 0. The summed E-state index contributed by atoms with van der Waals surface area (Å²) in [6, 6.07) is 11.3. The van der Waals surface area contributed by atoms with Gasteiger partial charge in [0.1, 0.15) is 5.69 Å². The van der Waals surface area contributed by atoms with Gasteiger partial charge in [-0.25, -0.2) is 9.78 Å². The number of carbonyl (C=O) groups excluding carboxylic acids is 1. The molecule has 27 heavy (non-hydrogen) atoms. The van der Waals surface area contributed by atoms with Crippen molar-refractivity contribution in [3.8, 4) is 28.3 Å². The van der Waals surface area contributed by atoms with E-state index in [1.165, 1.54) is 12.3 Å². The summed E-state index contributed by atoms with van der Waals surface area (Å²) in [5.74, 6) is 0.120. The first-order valence-electron chi connectivity index (χ1n) is 7.82. The maximum Gasteiger partial charge on any atom is 0.417 e. The lowest BCUT2D eigenvalue weighted by Crippen LogP contribution is -2.17. The number of aryl methyl sites for hydroxylation is 1. The Labute approximate surface area is 152 Å². The molecule has 0 saturated carbocycles. The van der Waals surface area contributed by atoms with Gasteiger partial charge in [0, 0.05) is 23.5 Å². The second-order valence-electron chi connectivity index (χ2n) is 5.75. The molecule has 8 heteroatoms. The van der Waals surface area contributed by atoms with Gasteiger partial charge in [0.25, 0.3) is 0 Å². The number of ether oxygens (including phenoxy) is 1. The number of alkyl halides is 3. The number of amides is 1. The fraction of sp³-hybridized carbons (Fsp3) is 0.105. The van der Waals surface area contributed by atoms with Crippen LogP contribution in [-0.2, 0) is 6.18 Å². The van der Waals surface area contributed by atoms with Gasteiger partial charge in [-0.05, 0) is 24.6 Å². The van der Waals surface area contributed by atoms with E-state index in [2.05, 4.69) is 9.97 Å². The van der Waals surface area contributed by atoms with Gasteiger partial charge in [-0.1, -0.05) is 30.3 Å². The Bertz CT molecular complexity index is 989. The number of benzene rings is 1. The molecule has 0 unspecified atom stereocenters. The second kappa shape index (κ2) is 7.06. The summed E-state index contributed by atoms with van der Waals surface area (Å²) >= 11 is 0. The van der Waals surface area contributed by atoms with Gasteiger partial charge in [-0.15, -0.1) is 0 Å². The monoisotopic (exact) mass is 373 g/mol. The third-order valence-electron chi connectivity index (χ3n) is 3.77. The lowest BCUT2D eigenvalue weighted by molar-refractivity contribution is -0.137. The maximum atomic E-state index is 13.0. The van der Waals surface area contributed by atoms with E-state index in [0.717, 1.165) is 12.3 Å². The fourth-order valence-corrected chi connectivity index (χ4v) is 2.59. The van der Waals surface area contributed by atoms with Crippen molar-refractivity contribution >= 4 is 6.09 Å². The van der Waals surface area contributed by atoms with Crippen molar-refractivity contribution in [2.24, 2.45) is 5.73 Å². The number of rotatable bonds is 3. The van der Waals surface area contributed by atoms with Gasteiger partial charge in [0.2, 0.25) is 0 Å². The van der Waals surface area contributed by atoms with Crippen molar-refractivity contribution in [1.29, 1.82) is 0 Å². The Morgan fingerprint density at radius 3 is 2.37 bits per heavy atom. The Kier molecular flexibility index (Phi) is 4.81. The highest BCUT2D eigenvalue weighted by atomic mass is 19.4. The summed E-state index contributed by atoms with van der Waals surface area (Å²) < 4.78 is 44.0. The molecule has 2 N–H and O–H groups in total. The van der Waals surface area contributed by atoms with E-state index in [1.54, 1.807) is 37.3 Å². The lowest BCUT2D eigenvalue weighted by atomic mass is 10.0. The topological polar surface area (TPSA) is 78.1 Å². The van der Waals surface area contributed by atoms with E-state index >= 15 is 0 Å². The summed E-state index contributed by atoms with van der Waals surface area (Å²) in [5.41, 5.74) is 6.15. The van der Waals surface area contributed by atoms with E-state index in [0.29, 0.717) is 16.8 Å². The number of hydrogen-bond donors (Lipinski definition) is 1. The lowest BCUT2D eigenvalue weighted by Gasteiger charge is -2.14. The molecule has 0 aliphatic heterocycles. The van der Waals surface area contributed by atoms with Crippen LogP contribution in [0.3, 0.4) is 0 Å². The molecule has 3 rings (SSSR count). The largest absolute Gasteiger partial charge is 0.417 e. The molecule has 0 fully saturated rings. The minimum absolute atomic E-state index is 0.120. The molecule has 0 spiro atoms. The summed E-state index contributed by atoms with van der Waals surface area (Å²) in [6.07, 6.45) is -3.48. The molecule has 2 aromatic heterocycles. The van der Waals surface area contributed by atoms with Gasteiger partial charge < -0.3 is 10.5 Å². The average molecular weight is 373 g/mol. The molecule has 0 bridgehead atoms. The SMILES string of the molecule is Cc1cc(OC(N)=O)c(-c2ccccc2)nc1-c1cncc(C(F)(F)F)c1. The number of primary amides is 1. The third-order valence-corrected chi connectivity index (χ3v) is 3.77. The fourth-order valence-electron chi connectivity index (χ4n) is 2.59.